The van der Waals surface area contributed by atoms with E-state index in [1.54, 1.807) is 13.0 Å². The monoisotopic (exact) mass is 183 g/mol. The van der Waals surface area contributed by atoms with Crippen LogP contribution in [0.3, 0.4) is 0 Å². The second-order valence-electron chi connectivity index (χ2n) is 2.83. The van der Waals surface area contributed by atoms with Crippen LogP contribution in [0.5, 0.6) is 11.5 Å². The van der Waals surface area contributed by atoms with Crippen molar-refractivity contribution in [2.24, 2.45) is 0 Å². The van der Waals surface area contributed by atoms with Crippen molar-refractivity contribution in [3.8, 4) is 11.5 Å². The van der Waals surface area contributed by atoms with E-state index in [1.807, 2.05) is 0 Å². The molecule has 0 saturated heterocycles. The molecule has 13 heavy (non-hydrogen) atoms. The third kappa shape index (κ3) is 1.84. The topological polar surface area (TPSA) is 75.7 Å². The molecule has 0 aliphatic heterocycles. The predicted molar refractivity (Wildman–Crippen MR) is 49.7 cm³/mol. The smallest absolute Gasteiger partial charge is 0.144 e. The van der Waals surface area contributed by atoms with Gasteiger partial charge in [0.15, 0.2) is 0 Å². The molecule has 4 N–H and O–H groups in total. The highest BCUT2D eigenvalue weighted by Crippen LogP contribution is 2.33. The molecule has 4 nitrogen and oxygen atoms in total. The second-order valence-corrected chi connectivity index (χ2v) is 2.83. The first kappa shape index (κ1) is 9.67. The average molecular weight is 183 g/mol. The summed E-state index contributed by atoms with van der Waals surface area (Å²) < 4.78 is 4.94. The number of methoxy groups -OCH3 is 1. The van der Waals surface area contributed by atoms with Crippen LogP contribution in [-0.2, 0) is 0 Å². The Bertz CT molecular complexity index is 310. The van der Waals surface area contributed by atoms with Gasteiger partial charge in [-0.25, -0.2) is 0 Å². The molecule has 0 saturated carbocycles. The average Bonchev–Trinajstić information content (AvgIpc) is 2.09. The highest BCUT2D eigenvalue weighted by molar-refractivity contribution is 5.60. The zero-order valence-electron chi connectivity index (χ0n) is 7.61. The number of aromatic hydroxyl groups is 1. The zero-order chi connectivity index (χ0) is 10.0. The standard InChI is InChI=1S/C9H13NO3/c1-5(11)7-3-6(13-2)4-8(10)9(7)12/h3-5,11-12H,10H2,1-2H3. The van der Waals surface area contributed by atoms with Crippen molar-refractivity contribution in [1.82, 2.24) is 0 Å². The molecule has 0 aliphatic carbocycles. The Balaban J connectivity index is 3.25. The van der Waals surface area contributed by atoms with Crippen LogP contribution < -0.4 is 10.5 Å². The van der Waals surface area contributed by atoms with Crippen LogP contribution in [0, 0.1) is 0 Å². The summed E-state index contributed by atoms with van der Waals surface area (Å²) in [6.45, 7) is 1.55. The van der Waals surface area contributed by atoms with E-state index >= 15 is 0 Å². The molecule has 0 bridgehead atoms. The van der Waals surface area contributed by atoms with Crippen molar-refractivity contribution >= 4 is 5.69 Å². The lowest BCUT2D eigenvalue weighted by Crippen LogP contribution is -1.97. The summed E-state index contributed by atoms with van der Waals surface area (Å²) in [6, 6.07) is 3.05. The van der Waals surface area contributed by atoms with Gasteiger partial charge in [0.1, 0.15) is 11.5 Å². The van der Waals surface area contributed by atoms with Gasteiger partial charge in [-0.15, -0.1) is 0 Å². The maximum absolute atomic E-state index is 9.45. The highest BCUT2D eigenvalue weighted by atomic mass is 16.5. The number of benzene rings is 1. The Hall–Kier alpha value is -1.42. The van der Waals surface area contributed by atoms with Gasteiger partial charge in [0.2, 0.25) is 0 Å². The number of nitrogens with two attached hydrogens (primary N) is 1. The van der Waals surface area contributed by atoms with Gasteiger partial charge in [0.25, 0.3) is 0 Å². The molecule has 0 spiro atoms. The molecule has 1 aromatic carbocycles. The minimum absolute atomic E-state index is 0.0872. The number of hydrogen-bond acceptors (Lipinski definition) is 4. The van der Waals surface area contributed by atoms with E-state index in [4.69, 9.17) is 10.5 Å². The molecular weight excluding hydrogens is 170 g/mol. The van der Waals surface area contributed by atoms with E-state index in [1.165, 1.54) is 13.2 Å². The van der Waals surface area contributed by atoms with Gasteiger partial charge in [0, 0.05) is 11.6 Å². The number of phenols is 1. The minimum atomic E-state index is -0.766. The molecule has 0 amide bonds. The molecule has 0 radical (unpaired) electrons. The first-order valence-corrected chi connectivity index (χ1v) is 3.90. The lowest BCUT2D eigenvalue weighted by atomic mass is 10.1. The summed E-state index contributed by atoms with van der Waals surface area (Å²) in [5, 5.41) is 18.7. The van der Waals surface area contributed by atoms with Crippen LogP contribution >= 0.6 is 0 Å². The SMILES string of the molecule is COc1cc(N)c(O)c(C(C)O)c1. The number of anilines is 1. The Morgan fingerprint density at radius 1 is 1.46 bits per heavy atom. The largest absolute Gasteiger partial charge is 0.505 e. The number of ether oxygens (including phenoxy) is 1. The number of aliphatic hydroxyl groups is 1. The van der Waals surface area contributed by atoms with Gasteiger partial charge < -0.3 is 20.7 Å². The summed E-state index contributed by atoms with van der Waals surface area (Å²) in [5.74, 6) is 0.432. The van der Waals surface area contributed by atoms with Crippen LogP contribution in [0.4, 0.5) is 5.69 Å². The van der Waals surface area contributed by atoms with Gasteiger partial charge in [-0.05, 0) is 13.0 Å². The Morgan fingerprint density at radius 2 is 2.08 bits per heavy atom. The van der Waals surface area contributed by atoms with Crippen molar-refractivity contribution in [2.75, 3.05) is 12.8 Å². The molecule has 1 atom stereocenters. The Morgan fingerprint density at radius 3 is 2.54 bits per heavy atom. The van der Waals surface area contributed by atoms with Crippen LogP contribution in [0.1, 0.15) is 18.6 Å². The van der Waals surface area contributed by atoms with E-state index in [0.29, 0.717) is 11.3 Å². The molecule has 4 heteroatoms. The van der Waals surface area contributed by atoms with Gasteiger partial charge in [-0.3, -0.25) is 0 Å². The van der Waals surface area contributed by atoms with E-state index in [2.05, 4.69) is 0 Å². The number of hydrogen-bond donors (Lipinski definition) is 3. The molecular formula is C9H13NO3. The molecule has 0 aliphatic rings. The third-order valence-corrected chi connectivity index (χ3v) is 1.83. The molecule has 1 rings (SSSR count). The fraction of sp³-hybridized carbons (Fsp3) is 0.333. The quantitative estimate of drug-likeness (QED) is 0.473. The zero-order valence-corrected chi connectivity index (χ0v) is 7.61. The summed E-state index contributed by atoms with van der Waals surface area (Å²) in [4.78, 5) is 0. The van der Waals surface area contributed by atoms with Crippen LogP contribution in [0.15, 0.2) is 12.1 Å². The maximum atomic E-state index is 9.45. The fourth-order valence-electron chi connectivity index (χ4n) is 1.09. The fourth-order valence-corrected chi connectivity index (χ4v) is 1.09. The molecule has 0 aromatic heterocycles. The van der Waals surface area contributed by atoms with Crippen molar-refractivity contribution in [3.63, 3.8) is 0 Å². The van der Waals surface area contributed by atoms with E-state index in [0.717, 1.165) is 0 Å². The lowest BCUT2D eigenvalue weighted by Gasteiger charge is -2.11. The van der Waals surface area contributed by atoms with E-state index in [-0.39, 0.29) is 11.4 Å². The van der Waals surface area contributed by atoms with Crippen LogP contribution in [0.2, 0.25) is 0 Å². The van der Waals surface area contributed by atoms with Gasteiger partial charge >= 0.3 is 0 Å². The predicted octanol–water partition coefficient (Wildman–Crippen LogP) is 1.04. The van der Waals surface area contributed by atoms with E-state index < -0.39 is 6.10 Å². The van der Waals surface area contributed by atoms with E-state index in [9.17, 15) is 10.2 Å². The van der Waals surface area contributed by atoms with Crippen molar-refractivity contribution < 1.29 is 14.9 Å². The highest BCUT2D eigenvalue weighted by Gasteiger charge is 2.11. The second kappa shape index (κ2) is 3.53. The van der Waals surface area contributed by atoms with Gasteiger partial charge in [-0.2, -0.15) is 0 Å². The normalized spacial score (nSPS) is 12.5. The number of nitrogen functional groups attached to an aromatic ring is 1. The molecule has 72 valence electrons. The molecule has 1 unspecified atom stereocenters. The Labute approximate surface area is 76.6 Å². The third-order valence-electron chi connectivity index (χ3n) is 1.83. The lowest BCUT2D eigenvalue weighted by molar-refractivity contribution is 0.194. The van der Waals surface area contributed by atoms with Gasteiger partial charge in [0.05, 0.1) is 18.9 Å². The van der Waals surface area contributed by atoms with Crippen molar-refractivity contribution in [3.05, 3.63) is 17.7 Å². The maximum Gasteiger partial charge on any atom is 0.144 e. The first-order valence-electron chi connectivity index (χ1n) is 3.90. The van der Waals surface area contributed by atoms with Crippen LogP contribution in [0.25, 0.3) is 0 Å². The van der Waals surface area contributed by atoms with Gasteiger partial charge in [-0.1, -0.05) is 0 Å². The van der Waals surface area contributed by atoms with Crippen LogP contribution in [-0.4, -0.2) is 17.3 Å². The number of rotatable bonds is 2. The summed E-state index contributed by atoms with van der Waals surface area (Å²) in [7, 11) is 1.50. The summed E-state index contributed by atoms with van der Waals surface area (Å²) >= 11 is 0. The number of phenolic OH excluding ortho intramolecular Hbond substituents is 1. The molecule has 1 aromatic rings. The molecule has 0 heterocycles. The van der Waals surface area contributed by atoms with Crippen molar-refractivity contribution in [2.45, 2.75) is 13.0 Å². The summed E-state index contributed by atoms with van der Waals surface area (Å²) in [6.07, 6.45) is -0.766. The van der Waals surface area contributed by atoms with Crippen molar-refractivity contribution in [1.29, 1.82) is 0 Å². The molecule has 0 fully saturated rings. The number of aliphatic hydroxyl groups excluding tert-OH is 1. The summed E-state index contributed by atoms with van der Waals surface area (Å²) in [5.41, 5.74) is 6.07. The first-order chi connectivity index (χ1) is 6.06. The Kier molecular flexibility index (Phi) is 2.63. The minimum Gasteiger partial charge on any atom is -0.505 e.